The van der Waals surface area contributed by atoms with Crippen LogP contribution in [0.1, 0.15) is 23.0 Å². The molecule has 0 aliphatic heterocycles. The van der Waals surface area contributed by atoms with E-state index in [9.17, 15) is 4.79 Å². The highest BCUT2D eigenvalue weighted by Gasteiger charge is 2.22. The van der Waals surface area contributed by atoms with E-state index in [0.717, 1.165) is 9.35 Å². The summed E-state index contributed by atoms with van der Waals surface area (Å²) in [5, 5.41) is 14.8. The lowest BCUT2D eigenvalue weighted by Gasteiger charge is -1.94. The molecule has 0 radical (unpaired) electrons. The maximum atomic E-state index is 11.1. The van der Waals surface area contributed by atoms with Gasteiger partial charge in [0.2, 0.25) is 0 Å². The van der Waals surface area contributed by atoms with Crippen molar-refractivity contribution in [3.05, 3.63) is 26.6 Å². The summed E-state index contributed by atoms with van der Waals surface area (Å²) in [5.74, 6) is -0.597. The van der Waals surface area contributed by atoms with Crippen LogP contribution in [-0.2, 0) is 6.42 Å². The molecule has 0 aromatic carbocycles. The van der Waals surface area contributed by atoms with Gasteiger partial charge in [-0.25, -0.2) is 4.79 Å². The van der Waals surface area contributed by atoms with Crippen LogP contribution < -0.4 is 0 Å². The van der Waals surface area contributed by atoms with Crippen molar-refractivity contribution in [2.24, 2.45) is 0 Å². The normalized spacial score (nSPS) is 10.6. The second-order valence-electron chi connectivity index (χ2n) is 3.13. The van der Waals surface area contributed by atoms with Crippen molar-refractivity contribution in [3.63, 3.8) is 0 Å². The Morgan fingerprint density at radius 1 is 1.69 bits per heavy atom. The second-order valence-corrected chi connectivity index (χ2v) is 5.42. The van der Waals surface area contributed by atoms with Crippen LogP contribution in [0, 0.1) is 0 Å². The molecular formula is C10H8BrNO3S. The Bertz CT molecular complexity index is 532. The third-order valence-corrected chi connectivity index (χ3v) is 3.64. The van der Waals surface area contributed by atoms with Crippen molar-refractivity contribution in [1.82, 2.24) is 5.16 Å². The van der Waals surface area contributed by atoms with Crippen molar-refractivity contribution in [1.29, 1.82) is 0 Å². The molecule has 6 heteroatoms. The lowest BCUT2D eigenvalue weighted by molar-refractivity contribution is 0.0695. The number of rotatable bonds is 3. The van der Waals surface area contributed by atoms with E-state index < -0.39 is 5.97 Å². The molecule has 2 rings (SSSR count). The molecule has 0 fully saturated rings. The summed E-state index contributed by atoms with van der Waals surface area (Å²) >= 11 is 4.81. The molecule has 0 atom stereocenters. The molecule has 84 valence electrons. The van der Waals surface area contributed by atoms with Crippen molar-refractivity contribution >= 4 is 33.2 Å². The van der Waals surface area contributed by atoms with Crippen molar-refractivity contribution in [3.8, 4) is 11.3 Å². The molecule has 2 heterocycles. The lowest BCUT2D eigenvalue weighted by Crippen LogP contribution is -2.00. The van der Waals surface area contributed by atoms with Crippen LogP contribution in [-0.4, -0.2) is 16.2 Å². The monoisotopic (exact) mass is 301 g/mol. The first-order chi connectivity index (χ1) is 7.63. The molecule has 0 spiro atoms. The largest absolute Gasteiger partial charge is 0.477 e. The minimum atomic E-state index is -1.00. The zero-order chi connectivity index (χ0) is 11.7. The van der Waals surface area contributed by atoms with Gasteiger partial charge in [0.15, 0.2) is 5.76 Å². The fourth-order valence-corrected chi connectivity index (χ4v) is 2.56. The third-order valence-electron chi connectivity index (χ3n) is 2.14. The number of aromatic nitrogens is 1. The van der Waals surface area contributed by atoms with Gasteiger partial charge in [-0.15, -0.1) is 11.3 Å². The lowest BCUT2D eigenvalue weighted by atomic mass is 10.1. The van der Waals surface area contributed by atoms with E-state index in [2.05, 4.69) is 21.1 Å². The molecule has 0 aliphatic carbocycles. The highest BCUT2D eigenvalue weighted by Crippen LogP contribution is 2.31. The standard InChI is InChI=1S/C10H8BrNO3S/c1-2-6-8(10(13)14)9(12-15-6)5-3-7(11)16-4-5/h3-4H,2H2,1H3,(H,13,14). The van der Waals surface area contributed by atoms with E-state index >= 15 is 0 Å². The van der Waals surface area contributed by atoms with Gasteiger partial charge in [-0.3, -0.25) is 0 Å². The predicted octanol–water partition coefficient (Wildman–Crippen LogP) is 3.43. The number of nitrogens with zero attached hydrogens (tertiary/aromatic N) is 1. The average molecular weight is 302 g/mol. The molecule has 0 amide bonds. The van der Waals surface area contributed by atoms with E-state index in [1.54, 1.807) is 0 Å². The summed E-state index contributed by atoms with van der Waals surface area (Å²) in [6, 6.07) is 1.83. The molecule has 0 bridgehead atoms. The Balaban J connectivity index is 2.57. The summed E-state index contributed by atoms with van der Waals surface area (Å²) in [7, 11) is 0. The summed E-state index contributed by atoms with van der Waals surface area (Å²) in [6.45, 7) is 1.83. The summed E-state index contributed by atoms with van der Waals surface area (Å²) in [5.41, 5.74) is 1.32. The fraction of sp³-hybridized carbons (Fsp3) is 0.200. The van der Waals surface area contributed by atoms with E-state index in [1.807, 2.05) is 18.4 Å². The van der Waals surface area contributed by atoms with Gasteiger partial charge in [0.05, 0.1) is 3.79 Å². The summed E-state index contributed by atoms with van der Waals surface area (Å²) < 4.78 is 5.96. The number of carbonyl (C=O) groups is 1. The molecular weight excluding hydrogens is 294 g/mol. The maximum Gasteiger partial charge on any atom is 0.341 e. The van der Waals surface area contributed by atoms with Crippen LogP contribution in [0.2, 0.25) is 0 Å². The van der Waals surface area contributed by atoms with E-state index in [-0.39, 0.29) is 5.56 Å². The first-order valence-electron chi connectivity index (χ1n) is 4.59. The molecule has 0 aliphatic rings. The topological polar surface area (TPSA) is 63.3 Å². The van der Waals surface area contributed by atoms with Crippen LogP contribution in [0.25, 0.3) is 11.3 Å². The number of aryl methyl sites for hydroxylation is 1. The molecule has 2 aromatic heterocycles. The predicted molar refractivity (Wildman–Crippen MR) is 63.9 cm³/mol. The second kappa shape index (κ2) is 4.39. The number of halogens is 1. The van der Waals surface area contributed by atoms with Crippen molar-refractivity contribution in [2.45, 2.75) is 13.3 Å². The molecule has 0 unspecified atom stereocenters. The highest BCUT2D eigenvalue weighted by molar-refractivity contribution is 9.11. The van der Waals surface area contributed by atoms with Crippen LogP contribution in [0.5, 0.6) is 0 Å². The number of carboxylic acids is 1. The number of hydrogen-bond donors (Lipinski definition) is 1. The summed E-state index contributed by atoms with van der Waals surface area (Å²) in [6.07, 6.45) is 0.514. The average Bonchev–Trinajstić information content (AvgIpc) is 2.82. The maximum absolute atomic E-state index is 11.1. The van der Waals surface area contributed by atoms with Crippen LogP contribution >= 0.6 is 27.3 Å². The molecule has 0 saturated carbocycles. The molecule has 1 N–H and O–H groups in total. The molecule has 0 saturated heterocycles. The SMILES string of the molecule is CCc1onc(-c2csc(Br)c2)c1C(=O)O. The molecule has 2 aromatic rings. The number of hydrogen-bond acceptors (Lipinski definition) is 4. The van der Waals surface area contributed by atoms with Gasteiger partial charge >= 0.3 is 5.97 Å². The Hall–Kier alpha value is -1.14. The third kappa shape index (κ3) is 1.90. The Labute approximate surface area is 104 Å². The van der Waals surface area contributed by atoms with Gasteiger partial charge < -0.3 is 9.63 Å². The van der Waals surface area contributed by atoms with Gasteiger partial charge in [-0.2, -0.15) is 0 Å². The van der Waals surface area contributed by atoms with Crippen molar-refractivity contribution in [2.75, 3.05) is 0 Å². The van der Waals surface area contributed by atoms with E-state index in [1.165, 1.54) is 11.3 Å². The zero-order valence-corrected chi connectivity index (χ0v) is 10.8. The van der Waals surface area contributed by atoms with Gasteiger partial charge in [0.25, 0.3) is 0 Å². The highest BCUT2D eigenvalue weighted by atomic mass is 79.9. The molecule has 16 heavy (non-hydrogen) atoms. The zero-order valence-electron chi connectivity index (χ0n) is 8.36. The van der Waals surface area contributed by atoms with Gasteiger partial charge in [-0.05, 0) is 22.0 Å². The summed E-state index contributed by atoms with van der Waals surface area (Å²) in [4.78, 5) is 11.1. The van der Waals surface area contributed by atoms with E-state index in [0.29, 0.717) is 17.9 Å². The fourth-order valence-electron chi connectivity index (χ4n) is 1.42. The van der Waals surface area contributed by atoms with Gasteiger partial charge in [0, 0.05) is 17.4 Å². The number of thiophene rings is 1. The minimum absolute atomic E-state index is 0.160. The van der Waals surface area contributed by atoms with E-state index in [4.69, 9.17) is 9.63 Å². The Morgan fingerprint density at radius 2 is 2.44 bits per heavy atom. The quantitative estimate of drug-likeness (QED) is 0.943. The minimum Gasteiger partial charge on any atom is -0.477 e. The smallest absolute Gasteiger partial charge is 0.341 e. The first-order valence-corrected chi connectivity index (χ1v) is 6.27. The number of carboxylic acid groups (broad SMARTS) is 1. The van der Waals surface area contributed by atoms with Gasteiger partial charge in [0.1, 0.15) is 11.3 Å². The Kier molecular flexibility index (Phi) is 3.11. The van der Waals surface area contributed by atoms with Crippen molar-refractivity contribution < 1.29 is 14.4 Å². The van der Waals surface area contributed by atoms with Gasteiger partial charge in [-0.1, -0.05) is 12.1 Å². The first kappa shape index (κ1) is 11.3. The number of aromatic carboxylic acids is 1. The Morgan fingerprint density at radius 3 is 2.94 bits per heavy atom. The van der Waals surface area contributed by atoms with Crippen LogP contribution in [0.15, 0.2) is 19.8 Å². The van der Waals surface area contributed by atoms with Crippen LogP contribution in [0.3, 0.4) is 0 Å². The molecule has 4 nitrogen and oxygen atoms in total. The van der Waals surface area contributed by atoms with Crippen LogP contribution in [0.4, 0.5) is 0 Å².